The molecule has 21 heavy (non-hydrogen) atoms. The minimum atomic E-state index is 0.595. The van der Waals surface area contributed by atoms with Crippen molar-refractivity contribution in [2.45, 2.75) is 46.0 Å². The molecule has 2 heteroatoms. The van der Waals surface area contributed by atoms with Crippen LogP contribution in [0.5, 0.6) is 0 Å². The Morgan fingerprint density at radius 1 is 1.24 bits per heavy atom. The van der Waals surface area contributed by atoms with E-state index in [1.165, 1.54) is 36.0 Å². The van der Waals surface area contributed by atoms with Crippen LogP contribution in [0.25, 0.3) is 11.0 Å². The zero-order valence-electron chi connectivity index (χ0n) is 13.5. The van der Waals surface area contributed by atoms with E-state index in [0.717, 1.165) is 30.5 Å². The standard InChI is InChI=1S/C19H27NO/c1-13(2)11-20-12-15-5-4-6-17(15)19-10-16-9-14(3)7-8-18(16)21-19/h7-10,13,15,17,20H,4-6,11-12H2,1-3H3. The van der Waals surface area contributed by atoms with Crippen LogP contribution in [-0.4, -0.2) is 13.1 Å². The van der Waals surface area contributed by atoms with Gasteiger partial charge in [0, 0.05) is 11.3 Å². The zero-order chi connectivity index (χ0) is 14.8. The highest BCUT2D eigenvalue weighted by atomic mass is 16.3. The Morgan fingerprint density at radius 3 is 2.90 bits per heavy atom. The molecule has 0 saturated heterocycles. The minimum absolute atomic E-state index is 0.595. The summed E-state index contributed by atoms with van der Waals surface area (Å²) >= 11 is 0. The molecule has 0 aliphatic heterocycles. The molecule has 0 amide bonds. The van der Waals surface area contributed by atoms with Crippen LogP contribution >= 0.6 is 0 Å². The summed E-state index contributed by atoms with van der Waals surface area (Å²) in [5, 5.41) is 4.88. The predicted octanol–water partition coefficient (Wildman–Crippen LogP) is 4.87. The third-order valence-electron chi connectivity index (χ3n) is 4.67. The lowest BCUT2D eigenvalue weighted by Crippen LogP contribution is -2.27. The van der Waals surface area contributed by atoms with Crippen LogP contribution in [0.2, 0.25) is 0 Å². The van der Waals surface area contributed by atoms with Crippen molar-refractivity contribution in [1.29, 1.82) is 0 Å². The van der Waals surface area contributed by atoms with Gasteiger partial charge in [0.25, 0.3) is 0 Å². The fourth-order valence-corrected chi connectivity index (χ4v) is 3.58. The fourth-order valence-electron chi connectivity index (χ4n) is 3.58. The van der Waals surface area contributed by atoms with E-state index in [2.05, 4.69) is 50.4 Å². The van der Waals surface area contributed by atoms with E-state index in [1.807, 2.05) is 0 Å². The number of furan rings is 1. The lowest BCUT2D eigenvalue weighted by atomic mass is 9.93. The average molecular weight is 285 g/mol. The number of aryl methyl sites for hydroxylation is 1. The Balaban J connectivity index is 1.73. The largest absolute Gasteiger partial charge is 0.461 e. The molecule has 1 N–H and O–H groups in total. The van der Waals surface area contributed by atoms with E-state index in [4.69, 9.17) is 4.42 Å². The number of fused-ring (bicyclic) bond motifs is 1. The first-order valence-electron chi connectivity index (χ1n) is 8.34. The number of benzene rings is 1. The number of rotatable bonds is 5. The van der Waals surface area contributed by atoms with Crippen molar-refractivity contribution in [3.8, 4) is 0 Å². The molecule has 0 radical (unpaired) electrons. The van der Waals surface area contributed by atoms with Crippen molar-refractivity contribution >= 4 is 11.0 Å². The summed E-state index contributed by atoms with van der Waals surface area (Å²) in [6, 6.07) is 8.73. The molecule has 1 fully saturated rings. The highest BCUT2D eigenvalue weighted by molar-refractivity contribution is 5.78. The van der Waals surface area contributed by atoms with Crippen LogP contribution in [0.15, 0.2) is 28.7 Å². The monoisotopic (exact) mass is 285 g/mol. The normalized spacial score (nSPS) is 22.5. The number of hydrogen-bond acceptors (Lipinski definition) is 2. The molecule has 1 aromatic carbocycles. The van der Waals surface area contributed by atoms with Gasteiger partial charge in [-0.25, -0.2) is 0 Å². The Hall–Kier alpha value is -1.28. The fraction of sp³-hybridized carbons (Fsp3) is 0.579. The Bertz CT molecular complexity index is 599. The molecule has 3 rings (SSSR count). The van der Waals surface area contributed by atoms with E-state index in [9.17, 15) is 0 Å². The van der Waals surface area contributed by atoms with Gasteiger partial charge in [-0.1, -0.05) is 31.9 Å². The van der Waals surface area contributed by atoms with Gasteiger partial charge in [0.05, 0.1) is 0 Å². The first-order valence-corrected chi connectivity index (χ1v) is 8.34. The minimum Gasteiger partial charge on any atom is -0.461 e. The highest BCUT2D eigenvalue weighted by Crippen LogP contribution is 2.41. The Morgan fingerprint density at radius 2 is 2.10 bits per heavy atom. The Labute approximate surface area is 127 Å². The zero-order valence-corrected chi connectivity index (χ0v) is 13.5. The molecule has 2 unspecified atom stereocenters. The maximum Gasteiger partial charge on any atom is 0.134 e. The number of hydrogen-bond donors (Lipinski definition) is 1. The van der Waals surface area contributed by atoms with Gasteiger partial charge in [-0.2, -0.15) is 0 Å². The lowest BCUT2D eigenvalue weighted by Gasteiger charge is -2.19. The molecule has 2 aromatic rings. The van der Waals surface area contributed by atoms with Crippen LogP contribution in [-0.2, 0) is 0 Å². The second-order valence-electron chi connectivity index (χ2n) is 7.04. The van der Waals surface area contributed by atoms with Crippen molar-refractivity contribution in [3.63, 3.8) is 0 Å². The molecule has 1 aliphatic carbocycles. The van der Waals surface area contributed by atoms with Crippen molar-refractivity contribution < 1.29 is 4.42 Å². The average Bonchev–Trinajstić information content (AvgIpc) is 3.03. The summed E-state index contributed by atoms with van der Waals surface area (Å²) in [6.45, 7) is 8.91. The summed E-state index contributed by atoms with van der Waals surface area (Å²) in [5.74, 6) is 3.24. The highest BCUT2D eigenvalue weighted by Gasteiger charge is 2.30. The van der Waals surface area contributed by atoms with Crippen LogP contribution in [0.4, 0.5) is 0 Å². The molecular formula is C19H27NO. The van der Waals surface area contributed by atoms with Gasteiger partial charge in [-0.3, -0.25) is 0 Å². The van der Waals surface area contributed by atoms with Crippen molar-refractivity contribution in [1.82, 2.24) is 5.32 Å². The van der Waals surface area contributed by atoms with Gasteiger partial charge >= 0.3 is 0 Å². The van der Waals surface area contributed by atoms with E-state index in [0.29, 0.717) is 5.92 Å². The second-order valence-corrected chi connectivity index (χ2v) is 7.04. The summed E-state index contributed by atoms with van der Waals surface area (Å²) in [4.78, 5) is 0. The lowest BCUT2D eigenvalue weighted by molar-refractivity contribution is 0.382. The molecule has 0 bridgehead atoms. The van der Waals surface area contributed by atoms with E-state index in [1.54, 1.807) is 0 Å². The van der Waals surface area contributed by atoms with Gasteiger partial charge < -0.3 is 9.73 Å². The van der Waals surface area contributed by atoms with E-state index in [-0.39, 0.29) is 0 Å². The quantitative estimate of drug-likeness (QED) is 0.847. The van der Waals surface area contributed by atoms with Crippen LogP contribution in [0.1, 0.15) is 50.4 Å². The summed E-state index contributed by atoms with van der Waals surface area (Å²) in [6.07, 6.45) is 3.92. The van der Waals surface area contributed by atoms with Crippen molar-refractivity contribution in [3.05, 3.63) is 35.6 Å². The molecular weight excluding hydrogens is 258 g/mol. The summed E-state index contributed by atoms with van der Waals surface area (Å²) < 4.78 is 6.14. The number of nitrogens with one attached hydrogen (secondary N) is 1. The van der Waals surface area contributed by atoms with Crippen LogP contribution in [0.3, 0.4) is 0 Å². The maximum absolute atomic E-state index is 6.14. The van der Waals surface area contributed by atoms with Crippen LogP contribution < -0.4 is 5.32 Å². The van der Waals surface area contributed by atoms with Gasteiger partial charge in [-0.05, 0) is 62.9 Å². The third kappa shape index (κ3) is 3.32. The third-order valence-corrected chi connectivity index (χ3v) is 4.67. The van der Waals surface area contributed by atoms with Crippen molar-refractivity contribution in [2.75, 3.05) is 13.1 Å². The van der Waals surface area contributed by atoms with E-state index >= 15 is 0 Å². The van der Waals surface area contributed by atoms with Gasteiger partial charge in [-0.15, -0.1) is 0 Å². The van der Waals surface area contributed by atoms with Crippen molar-refractivity contribution in [2.24, 2.45) is 11.8 Å². The summed E-state index contributed by atoms with van der Waals surface area (Å²) in [7, 11) is 0. The molecule has 2 nitrogen and oxygen atoms in total. The first-order chi connectivity index (χ1) is 10.1. The van der Waals surface area contributed by atoms with Gasteiger partial charge in [0.15, 0.2) is 0 Å². The SMILES string of the molecule is Cc1ccc2oc(C3CCCC3CNCC(C)C)cc2c1. The molecule has 1 aromatic heterocycles. The van der Waals surface area contributed by atoms with Gasteiger partial charge in [0.2, 0.25) is 0 Å². The smallest absolute Gasteiger partial charge is 0.134 e. The second kappa shape index (κ2) is 6.23. The van der Waals surface area contributed by atoms with E-state index < -0.39 is 0 Å². The molecule has 2 atom stereocenters. The topological polar surface area (TPSA) is 25.2 Å². The van der Waals surface area contributed by atoms with Gasteiger partial charge in [0.1, 0.15) is 11.3 Å². The summed E-state index contributed by atoms with van der Waals surface area (Å²) in [5.41, 5.74) is 2.34. The molecule has 1 aliphatic rings. The molecule has 0 spiro atoms. The first kappa shape index (κ1) is 14.6. The molecule has 1 saturated carbocycles. The molecule has 1 heterocycles. The van der Waals surface area contributed by atoms with Crippen LogP contribution in [0, 0.1) is 18.8 Å². The maximum atomic E-state index is 6.14. The molecule has 114 valence electrons. The Kier molecular flexibility index (Phi) is 4.34. The predicted molar refractivity (Wildman–Crippen MR) is 88.7 cm³/mol.